The Morgan fingerprint density at radius 3 is 2.48 bits per heavy atom. The van der Waals surface area contributed by atoms with Gasteiger partial charge in [-0.15, -0.1) is 0 Å². The number of para-hydroxylation sites is 1. The van der Waals surface area contributed by atoms with Gasteiger partial charge in [-0.25, -0.2) is 4.79 Å². The minimum Gasteiger partial charge on any atom is -0.506 e. The molecule has 7 heteroatoms. The molecule has 0 fully saturated rings. The van der Waals surface area contributed by atoms with Crippen LogP contribution in [0.1, 0.15) is 59.4 Å². The molecule has 0 aliphatic rings. The normalized spacial score (nSPS) is 10.9. The summed E-state index contributed by atoms with van der Waals surface area (Å²) < 4.78 is 1.49. The number of aromatic carboxylic acids is 1. The fraction of sp³-hybridized carbons (Fsp3) is 0.292. The van der Waals surface area contributed by atoms with Crippen LogP contribution in [0, 0.1) is 0 Å². The van der Waals surface area contributed by atoms with E-state index in [1.807, 2.05) is 13.8 Å². The topological polar surface area (TPSA) is 109 Å². The van der Waals surface area contributed by atoms with Crippen LogP contribution in [0.15, 0.2) is 47.3 Å². The Kier molecular flexibility index (Phi) is 6.74. The lowest BCUT2D eigenvalue weighted by Crippen LogP contribution is -2.29. The molecule has 7 nitrogen and oxygen atoms in total. The second kappa shape index (κ2) is 9.47. The quantitative estimate of drug-likeness (QED) is 0.498. The molecule has 0 atom stereocenters. The zero-order valence-corrected chi connectivity index (χ0v) is 17.6. The van der Waals surface area contributed by atoms with Crippen molar-refractivity contribution in [1.29, 1.82) is 0 Å². The van der Waals surface area contributed by atoms with Gasteiger partial charge in [-0.2, -0.15) is 0 Å². The van der Waals surface area contributed by atoms with E-state index in [1.165, 1.54) is 16.7 Å². The van der Waals surface area contributed by atoms with Gasteiger partial charge in [-0.1, -0.05) is 32.4 Å². The van der Waals surface area contributed by atoms with Gasteiger partial charge in [0.2, 0.25) is 0 Å². The van der Waals surface area contributed by atoms with E-state index < -0.39 is 17.4 Å². The Morgan fingerprint density at radius 2 is 1.81 bits per heavy atom. The molecule has 0 bridgehead atoms. The van der Waals surface area contributed by atoms with Gasteiger partial charge in [0, 0.05) is 17.6 Å². The second-order valence-electron chi connectivity index (χ2n) is 7.43. The molecule has 3 aromatic rings. The maximum absolute atomic E-state index is 13.0. The van der Waals surface area contributed by atoms with E-state index in [2.05, 4.69) is 5.32 Å². The molecule has 0 spiro atoms. The van der Waals surface area contributed by atoms with Gasteiger partial charge in [-0.3, -0.25) is 9.59 Å². The lowest BCUT2D eigenvalue weighted by Gasteiger charge is -2.15. The molecular formula is C24H26N2O5. The van der Waals surface area contributed by atoms with E-state index in [0.29, 0.717) is 41.5 Å². The lowest BCUT2D eigenvalue weighted by atomic mass is 10.0. The Balaban J connectivity index is 2.04. The molecule has 0 unspecified atom stereocenters. The molecular weight excluding hydrogens is 396 g/mol. The molecule has 0 aliphatic heterocycles. The van der Waals surface area contributed by atoms with Crippen LogP contribution in [0.25, 0.3) is 10.9 Å². The predicted molar refractivity (Wildman–Crippen MR) is 120 cm³/mol. The van der Waals surface area contributed by atoms with Crippen LogP contribution in [-0.2, 0) is 13.0 Å². The van der Waals surface area contributed by atoms with E-state index in [9.17, 15) is 24.6 Å². The molecule has 0 radical (unpaired) electrons. The summed E-state index contributed by atoms with van der Waals surface area (Å²) in [6.45, 7) is 4.35. The van der Waals surface area contributed by atoms with Crippen molar-refractivity contribution in [1.82, 2.24) is 4.57 Å². The van der Waals surface area contributed by atoms with E-state index in [1.54, 1.807) is 30.3 Å². The molecule has 31 heavy (non-hydrogen) atoms. The van der Waals surface area contributed by atoms with Gasteiger partial charge in [-0.05, 0) is 55.2 Å². The number of nitrogens with zero attached hydrogens (tertiary/aromatic N) is 1. The van der Waals surface area contributed by atoms with Crippen molar-refractivity contribution in [2.24, 2.45) is 0 Å². The number of aromatic nitrogens is 1. The first kappa shape index (κ1) is 22.1. The summed E-state index contributed by atoms with van der Waals surface area (Å²) in [6, 6.07) is 11.4. The number of carboxylic acids is 1. The average Bonchev–Trinajstić information content (AvgIpc) is 2.75. The van der Waals surface area contributed by atoms with Gasteiger partial charge in [0.1, 0.15) is 11.3 Å². The second-order valence-corrected chi connectivity index (χ2v) is 7.43. The van der Waals surface area contributed by atoms with E-state index in [4.69, 9.17) is 0 Å². The molecule has 3 rings (SSSR count). The Hall–Kier alpha value is -3.61. The summed E-state index contributed by atoms with van der Waals surface area (Å²) in [5, 5.41) is 23.2. The Bertz CT molecular complexity index is 1200. The van der Waals surface area contributed by atoms with Crippen molar-refractivity contribution < 1.29 is 19.8 Å². The first-order valence-corrected chi connectivity index (χ1v) is 10.4. The first-order valence-electron chi connectivity index (χ1n) is 10.4. The number of carboxylic acid groups (broad SMARTS) is 1. The molecule has 0 aliphatic carbocycles. The number of aryl methyl sites for hydroxylation is 2. The highest BCUT2D eigenvalue weighted by Gasteiger charge is 2.22. The first-order chi connectivity index (χ1) is 14.9. The summed E-state index contributed by atoms with van der Waals surface area (Å²) in [4.78, 5) is 37.5. The summed E-state index contributed by atoms with van der Waals surface area (Å²) in [6.07, 6.45) is 2.96. The average molecular weight is 422 g/mol. The number of fused-ring (bicyclic) bond motifs is 1. The number of aromatic hydroxyl groups is 1. The molecule has 2 aromatic carbocycles. The number of pyridine rings is 1. The predicted octanol–water partition coefficient (Wildman–Crippen LogP) is 4.41. The number of anilines is 1. The minimum atomic E-state index is -1.03. The van der Waals surface area contributed by atoms with Crippen LogP contribution in [0.5, 0.6) is 5.75 Å². The third-order valence-electron chi connectivity index (χ3n) is 5.21. The minimum absolute atomic E-state index is 0.185. The maximum Gasteiger partial charge on any atom is 0.335 e. The molecule has 162 valence electrons. The lowest BCUT2D eigenvalue weighted by molar-refractivity contribution is 0.0695. The van der Waals surface area contributed by atoms with Gasteiger partial charge in [0.25, 0.3) is 11.5 Å². The molecule has 0 saturated heterocycles. The van der Waals surface area contributed by atoms with Crippen LogP contribution < -0.4 is 10.9 Å². The molecule has 3 N–H and O–H groups in total. The van der Waals surface area contributed by atoms with E-state index >= 15 is 0 Å². The van der Waals surface area contributed by atoms with Crippen LogP contribution in [0.4, 0.5) is 5.69 Å². The third kappa shape index (κ3) is 4.45. The highest BCUT2D eigenvalue weighted by atomic mass is 16.4. The number of benzene rings is 2. The Morgan fingerprint density at radius 1 is 1.06 bits per heavy atom. The molecule has 1 amide bonds. The highest BCUT2D eigenvalue weighted by Crippen LogP contribution is 2.27. The van der Waals surface area contributed by atoms with Gasteiger partial charge in [0.15, 0.2) is 0 Å². The summed E-state index contributed by atoms with van der Waals surface area (Å²) in [5.41, 5.74) is 0.836. The van der Waals surface area contributed by atoms with Gasteiger partial charge >= 0.3 is 5.97 Å². The standard InChI is InChI=1S/C24H26N2O5/c1-3-5-8-15-14-16(11-12-17(15)24(30)31)25-22(28)20-21(27)18-9-6-7-10-19(18)26(13-4-2)23(20)29/h6-7,9-12,14,27H,3-5,8,13H2,1-2H3,(H,25,28)(H,30,31). The number of carbonyl (C=O) groups is 2. The van der Waals surface area contributed by atoms with Crippen molar-refractivity contribution in [3.63, 3.8) is 0 Å². The number of amides is 1. The molecule has 1 aromatic heterocycles. The molecule has 1 heterocycles. The maximum atomic E-state index is 13.0. The van der Waals surface area contributed by atoms with Crippen LogP contribution in [-0.4, -0.2) is 26.7 Å². The monoisotopic (exact) mass is 422 g/mol. The number of carbonyl (C=O) groups excluding carboxylic acids is 1. The molecule has 0 saturated carbocycles. The van der Waals surface area contributed by atoms with Crippen molar-refractivity contribution in [3.05, 3.63) is 69.5 Å². The van der Waals surface area contributed by atoms with Gasteiger partial charge < -0.3 is 20.1 Å². The number of hydrogen-bond donors (Lipinski definition) is 3. The van der Waals surface area contributed by atoms with Crippen LogP contribution in [0.3, 0.4) is 0 Å². The number of rotatable bonds is 8. The number of hydrogen-bond acceptors (Lipinski definition) is 4. The highest BCUT2D eigenvalue weighted by molar-refractivity contribution is 6.09. The van der Waals surface area contributed by atoms with Crippen LogP contribution in [0.2, 0.25) is 0 Å². The largest absolute Gasteiger partial charge is 0.506 e. The SMILES string of the molecule is CCCCc1cc(NC(=O)c2c(O)c3ccccc3n(CCC)c2=O)ccc1C(=O)O. The van der Waals surface area contributed by atoms with Crippen LogP contribution >= 0.6 is 0 Å². The Labute approximate surface area is 180 Å². The number of nitrogens with one attached hydrogen (secondary N) is 1. The van der Waals surface area contributed by atoms with Gasteiger partial charge in [0.05, 0.1) is 11.1 Å². The van der Waals surface area contributed by atoms with Crippen molar-refractivity contribution in [2.45, 2.75) is 46.1 Å². The van der Waals surface area contributed by atoms with Crippen molar-refractivity contribution in [2.75, 3.05) is 5.32 Å². The van der Waals surface area contributed by atoms with Crippen molar-refractivity contribution in [3.8, 4) is 5.75 Å². The van der Waals surface area contributed by atoms with E-state index in [0.717, 1.165) is 12.8 Å². The number of unbranched alkanes of at least 4 members (excludes halogenated alkanes) is 1. The summed E-state index contributed by atoms with van der Waals surface area (Å²) >= 11 is 0. The third-order valence-corrected chi connectivity index (χ3v) is 5.21. The fourth-order valence-corrected chi connectivity index (χ4v) is 3.69. The smallest absolute Gasteiger partial charge is 0.335 e. The van der Waals surface area contributed by atoms with E-state index in [-0.39, 0.29) is 16.9 Å². The fourth-order valence-electron chi connectivity index (χ4n) is 3.69. The zero-order valence-electron chi connectivity index (χ0n) is 17.6. The summed E-state index contributed by atoms with van der Waals surface area (Å²) in [5.74, 6) is -2.12. The van der Waals surface area contributed by atoms with Crippen molar-refractivity contribution >= 4 is 28.5 Å². The zero-order chi connectivity index (χ0) is 22.5. The summed E-state index contributed by atoms with van der Waals surface area (Å²) in [7, 11) is 0.